The van der Waals surface area contributed by atoms with E-state index in [2.05, 4.69) is 104 Å². The molecule has 2 aliphatic carbocycles. The van der Waals surface area contributed by atoms with Gasteiger partial charge in [0.2, 0.25) is 0 Å². The molecule has 0 saturated heterocycles. The molecule has 1 heterocycles. The van der Waals surface area contributed by atoms with E-state index >= 15 is 0 Å². The predicted molar refractivity (Wildman–Crippen MR) is 123 cm³/mol. The maximum absolute atomic E-state index is 3.66. The molecule has 2 aromatic carbocycles. The lowest BCUT2D eigenvalue weighted by atomic mass is 9.81. The van der Waals surface area contributed by atoms with Crippen molar-refractivity contribution in [1.82, 2.24) is 0 Å². The molecule has 1 fully saturated rings. The van der Waals surface area contributed by atoms with E-state index in [1.807, 2.05) is 0 Å². The van der Waals surface area contributed by atoms with Gasteiger partial charge in [-0.15, -0.1) is 0 Å². The molecule has 3 aliphatic rings. The molecule has 1 unspecified atom stereocenters. The van der Waals surface area contributed by atoms with Crippen molar-refractivity contribution in [1.29, 1.82) is 0 Å². The van der Waals surface area contributed by atoms with Crippen molar-refractivity contribution < 1.29 is 0 Å². The van der Waals surface area contributed by atoms with Crippen molar-refractivity contribution >= 4 is 31.0 Å². The summed E-state index contributed by atoms with van der Waals surface area (Å²) in [6, 6.07) is 17.7. The summed E-state index contributed by atoms with van der Waals surface area (Å²) in [4.78, 5) is 0. The summed E-state index contributed by atoms with van der Waals surface area (Å²) in [5.41, 5.74) is 7.49. The third-order valence-corrected chi connectivity index (χ3v) is 11.4. The number of allylic oxidation sites excluding steroid dienone is 4. The summed E-state index contributed by atoms with van der Waals surface area (Å²) in [6.45, 7) is 9.99. The first-order valence-corrected chi connectivity index (χ1v) is 13.6. The number of benzene rings is 2. The van der Waals surface area contributed by atoms with Gasteiger partial charge in [0.15, 0.2) is 8.24 Å². The minimum atomic E-state index is -1.84. The number of hydrogen-bond donors (Lipinski definition) is 1. The minimum Gasteiger partial charge on any atom is -0.366 e. The quantitative estimate of drug-likeness (QED) is 0.547. The normalized spacial score (nSPS) is 28.1. The minimum absolute atomic E-state index is 0.677. The molecule has 0 radical (unpaired) electrons. The molecule has 0 spiro atoms. The zero-order valence-electron chi connectivity index (χ0n) is 17.3. The summed E-state index contributed by atoms with van der Waals surface area (Å²) < 4.78 is 2.75. The van der Waals surface area contributed by atoms with E-state index < -0.39 is 8.24 Å². The topological polar surface area (TPSA) is 15.3 Å². The van der Waals surface area contributed by atoms with Gasteiger partial charge in [-0.2, -0.15) is 0 Å². The summed E-state index contributed by atoms with van der Waals surface area (Å²) in [5.74, 6) is 2.16. The van der Waals surface area contributed by atoms with Gasteiger partial charge in [-0.25, -0.2) is 0 Å². The molecule has 144 valence electrons. The number of anilines is 4. The van der Waals surface area contributed by atoms with Crippen LogP contribution in [0.5, 0.6) is 0 Å². The van der Waals surface area contributed by atoms with Gasteiger partial charge in [-0.3, -0.25) is 0 Å². The average Bonchev–Trinajstić information content (AvgIpc) is 3.04. The van der Waals surface area contributed by atoms with E-state index in [9.17, 15) is 0 Å². The lowest BCUT2D eigenvalue weighted by molar-refractivity contribution is 0.426. The largest absolute Gasteiger partial charge is 0.366 e. The Morgan fingerprint density at radius 3 is 2.21 bits per heavy atom. The van der Waals surface area contributed by atoms with Gasteiger partial charge in [-0.05, 0) is 60.9 Å². The fraction of sp³-hybridized carbons (Fsp3) is 0.360. The molecule has 0 aromatic heterocycles. The lowest BCUT2D eigenvalue weighted by Crippen LogP contribution is -2.52. The molecular formula is C25H30N2Si. The van der Waals surface area contributed by atoms with Crippen LogP contribution in [0.1, 0.15) is 20.3 Å². The molecule has 1 saturated carbocycles. The Bertz CT molecular complexity index is 929. The predicted octanol–water partition coefficient (Wildman–Crippen LogP) is 7.25. The maximum Gasteiger partial charge on any atom is 0.160 e. The van der Waals surface area contributed by atoms with E-state index in [4.69, 9.17) is 0 Å². The zero-order valence-corrected chi connectivity index (χ0v) is 18.3. The van der Waals surface area contributed by atoms with Crippen LogP contribution in [0.3, 0.4) is 0 Å². The van der Waals surface area contributed by atoms with Crippen molar-refractivity contribution in [3.63, 3.8) is 0 Å². The van der Waals surface area contributed by atoms with E-state index in [1.165, 1.54) is 29.2 Å². The molecule has 2 aromatic rings. The highest BCUT2D eigenvalue weighted by atomic mass is 28.3. The molecule has 1 aliphatic heterocycles. The van der Waals surface area contributed by atoms with E-state index in [1.54, 1.807) is 5.57 Å². The summed E-state index contributed by atoms with van der Waals surface area (Å²) >= 11 is 0. The second kappa shape index (κ2) is 6.38. The molecular weight excluding hydrogens is 356 g/mol. The average molecular weight is 387 g/mol. The highest BCUT2D eigenvalue weighted by Crippen LogP contribution is 2.58. The molecule has 4 atom stereocenters. The van der Waals surface area contributed by atoms with Crippen LogP contribution in [-0.2, 0) is 0 Å². The van der Waals surface area contributed by atoms with Crippen molar-refractivity contribution in [2.24, 2.45) is 17.8 Å². The van der Waals surface area contributed by atoms with Gasteiger partial charge >= 0.3 is 0 Å². The number of nitrogens with zero attached hydrogens (tertiary/aromatic N) is 1. The maximum atomic E-state index is 3.66. The van der Waals surface area contributed by atoms with E-state index in [0.29, 0.717) is 5.92 Å². The van der Waals surface area contributed by atoms with Gasteiger partial charge in [-0.1, -0.05) is 68.1 Å². The van der Waals surface area contributed by atoms with Gasteiger partial charge in [0, 0.05) is 0 Å². The highest BCUT2D eigenvalue weighted by Gasteiger charge is 2.52. The smallest absolute Gasteiger partial charge is 0.160 e. The van der Waals surface area contributed by atoms with Crippen molar-refractivity contribution in [3.05, 3.63) is 72.3 Å². The second-order valence-electron chi connectivity index (χ2n) is 9.37. The van der Waals surface area contributed by atoms with Gasteiger partial charge in [0.1, 0.15) is 0 Å². The summed E-state index contributed by atoms with van der Waals surface area (Å²) in [5, 5.41) is 3.66. The van der Waals surface area contributed by atoms with Gasteiger partial charge < -0.3 is 9.88 Å². The SMILES string of the molecule is CC1=CC=C[C@@H]2C([Si](C)(C)N3c4ccccc4Nc4ccccc43)C[C@H](C)[C@H]12. The Morgan fingerprint density at radius 2 is 1.57 bits per heavy atom. The number of fused-ring (bicyclic) bond motifs is 3. The fourth-order valence-electron chi connectivity index (χ4n) is 6.16. The number of rotatable bonds is 2. The lowest BCUT2D eigenvalue weighted by Gasteiger charge is -2.48. The van der Waals surface area contributed by atoms with Crippen LogP contribution in [0.2, 0.25) is 18.6 Å². The van der Waals surface area contributed by atoms with Crippen LogP contribution in [0.25, 0.3) is 0 Å². The van der Waals surface area contributed by atoms with Gasteiger partial charge in [0.05, 0.1) is 22.7 Å². The Hall–Kier alpha value is -2.26. The molecule has 5 rings (SSSR count). The summed E-state index contributed by atoms with van der Waals surface area (Å²) in [7, 11) is -1.84. The van der Waals surface area contributed by atoms with E-state index in [-0.39, 0.29) is 0 Å². The Balaban J connectivity index is 1.63. The first-order chi connectivity index (χ1) is 13.5. The summed E-state index contributed by atoms with van der Waals surface area (Å²) in [6.07, 6.45) is 8.49. The highest BCUT2D eigenvalue weighted by molar-refractivity contribution is 6.84. The monoisotopic (exact) mass is 386 g/mol. The zero-order chi connectivity index (χ0) is 19.5. The van der Waals surface area contributed by atoms with Gasteiger partial charge in [0.25, 0.3) is 0 Å². The molecule has 1 N–H and O–H groups in total. The van der Waals surface area contributed by atoms with Crippen LogP contribution in [0, 0.1) is 17.8 Å². The first-order valence-electron chi connectivity index (χ1n) is 10.6. The number of para-hydroxylation sites is 4. The van der Waals surface area contributed by atoms with Crippen LogP contribution >= 0.6 is 0 Å². The van der Waals surface area contributed by atoms with Crippen LogP contribution in [0.4, 0.5) is 22.7 Å². The van der Waals surface area contributed by atoms with Crippen molar-refractivity contribution in [2.75, 3.05) is 9.88 Å². The van der Waals surface area contributed by atoms with Crippen LogP contribution < -0.4 is 9.88 Å². The number of nitrogens with one attached hydrogen (secondary N) is 1. The standard InChI is InChI=1S/C25H30N2Si/c1-17-10-9-11-19-24(16-18(2)25(17)19)28(3,4)27-22-14-7-5-12-20(22)26-21-13-6-8-15-23(21)27/h5-15,18-19,24-26H,16H2,1-4H3/t18-,19+,24?,25-/m0/s1. The van der Waals surface area contributed by atoms with Crippen molar-refractivity contribution in [3.8, 4) is 0 Å². The third-order valence-electron chi connectivity index (χ3n) is 7.38. The Morgan fingerprint density at radius 1 is 0.964 bits per heavy atom. The van der Waals surface area contributed by atoms with E-state index in [0.717, 1.165) is 17.4 Å². The molecule has 2 nitrogen and oxygen atoms in total. The Labute approximate surface area is 170 Å². The number of hydrogen-bond acceptors (Lipinski definition) is 2. The van der Waals surface area contributed by atoms with Crippen LogP contribution in [-0.4, -0.2) is 8.24 Å². The molecule has 3 heteroatoms. The Kier molecular flexibility index (Phi) is 4.06. The van der Waals surface area contributed by atoms with Crippen LogP contribution in [0.15, 0.2) is 72.3 Å². The molecule has 28 heavy (non-hydrogen) atoms. The third kappa shape index (κ3) is 2.52. The second-order valence-corrected chi connectivity index (χ2v) is 13.9. The first kappa shape index (κ1) is 17.8. The van der Waals surface area contributed by atoms with Crippen molar-refractivity contribution in [2.45, 2.75) is 38.9 Å². The molecule has 0 bridgehead atoms. The molecule has 0 amide bonds. The fourth-order valence-corrected chi connectivity index (χ4v) is 10.3.